The molecule has 2 rings (SSSR count). The molecule has 0 fully saturated rings. The fourth-order valence-corrected chi connectivity index (χ4v) is 1.56. The lowest BCUT2D eigenvalue weighted by Gasteiger charge is -1.92. The first kappa shape index (κ1) is 8.18. The first-order valence-electron chi connectivity index (χ1n) is 3.47. The fraction of sp³-hybridized carbons (Fsp3) is 0. The molecule has 0 aliphatic heterocycles. The summed E-state index contributed by atoms with van der Waals surface area (Å²) < 4.78 is 1.43. The van der Waals surface area contributed by atoms with Gasteiger partial charge in [-0.2, -0.15) is 8.81 Å². The van der Waals surface area contributed by atoms with Crippen LogP contribution in [0.4, 0.5) is 5.69 Å². The molecule has 0 aliphatic rings. The van der Waals surface area contributed by atoms with E-state index in [-0.39, 0.29) is 5.69 Å². The van der Waals surface area contributed by atoms with Crippen molar-refractivity contribution in [3.05, 3.63) is 34.5 Å². The Morgan fingerprint density at radius 3 is 3.00 bits per heavy atom. The highest BCUT2D eigenvalue weighted by molar-refractivity contribution is 9.08. The van der Waals surface area contributed by atoms with Gasteiger partial charge in [-0.15, -0.1) is 0 Å². The van der Waals surface area contributed by atoms with Crippen molar-refractivity contribution in [2.75, 3.05) is 0 Å². The van der Waals surface area contributed by atoms with Crippen molar-refractivity contribution in [3.63, 3.8) is 0 Å². The number of nitro groups is 1. The summed E-state index contributed by atoms with van der Waals surface area (Å²) in [5.41, 5.74) is 0.761. The van der Waals surface area contributed by atoms with E-state index >= 15 is 0 Å². The molecule has 1 aromatic heterocycles. The number of non-ortho nitro benzene ring substituents is 1. The van der Waals surface area contributed by atoms with Crippen LogP contribution in [0, 0.1) is 10.1 Å². The number of nitrogens with zero attached hydrogens (tertiary/aromatic N) is 3. The number of rotatable bonds is 1. The zero-order valence-corrected chi connectivity index (χ0v) is 7.93. The standard InChI is InChI=1S/C7H4BrN3O2/c8-10-6-2-1-3-7(11(12)13)5(6)4-9-10/h1-4H. The molecule has 0 bridgehead atoms. The molecule has 0 spiro atoms. The zero-order chi connectivity index (χ0) is 9.42. The molecule has 0 atom stereocenters. The van der Waals surface area contributed by atoms with E-state index in [0.717, 1.165) is 0 Å². The number of aromatic nitrogens is 2. The van der Waals surface area contributed by atoms with Crippen molar-refractivity contribution in [2.24, 2.45) is 0 Å². The first-order valence-corrected chi connectivity index (χ1v) is 4.18. The minimum absolute atomic E-state index is 0.0724. The number of hydrogen-bond acceptors (Lipinski definition) is 3. The van der Waals surface area contributed by atoms with Crippen LogP contribution in [-0.2, 0) is 0 Å². The topological polar surface area (TPSA) is 61.0 Å². The van der Waals surface area contributed by atoms with Gasteiger partial charge in [-0.05, 0) is 6.07 Å². The highest BCUT2D eigenvalue weighted by Gasteiger charge is 2.13. The maximum absolute atomic E-state index is 10.6. The predicted octanol–water partition coefficient (Wildman–Crippen LogP) is 2.10. The van der Waals surface area contributed by atoms with Gasteiger partial charge in [-0.25, -0.2) is 0 Å². The Kier molecular flexibility index (Phi) is 1.77. The van der Waals surface area contributed by atoms with E-state index < -0.39 is 4.92 Å². The van der Waals surface area contributed by atoms with Crippen molar-refractivity contribution < 1.29 is 4.92 Å². The second-order valence-corrected chi connectivity index (χ2v) is 3.14. The molecule has 5 nitrogen and oxygen atoms in total. The van der Waals surface area contributed by atoms with E-state index in [2.05, 4.69) is 21.2 Å². The summed E-state index contributed by atoms with van der Waals surface area (Å²) in [6.45, 7) is 0. The number of nitro benzene ring substituents is 1. The van der Waals surface area contributed by atoms with Crippen LogP contribution >= 0.6 is 16.1 Å². The Balaban J connectivity index is 2.84. The Morgan fingerprint density at radius 1 is 1.54 bits per heavy atom. The van der Waals surface area contributed by atoms with E-state index in [1.165, 1.54) is 16.0 Å². The number of benzene rings is 1. The van der Waals surface area contributed by atoms with Crippen LogP contribution in [0.25, 0.3) is 10.9 Å². The van der Waals surface area contributed by atoms with Crippen molar-refractivity contribution in [1.82, 2.24) is 8.81 Å². The zero-order valence-electron chi connectivity index (χ0n) is 6.35. The lowest BCUT2D eigenvalue weighted by Crippen LogP contribution is -1.88. The van der Waals surface area contributed by atoms with Gasteiger partial charge in [0.2, 0.25) is 0 Å². The van der Waals surface area contributed by atoms with Crippen LogP contribution in [0.15, 0.2) is 24.4 Å². The van der Waals surface area contributed by atoms with E-state index in [4.69, 9.17) is 0 Å². The molecule has 0 amide bonds. The first-order chi connectivity index (χ1) is 6.20. The van der Waals surface area contributed by atoms with E-state index in [0.29, 0.717) is 10.9 Å². The summed E-state index contributed by atoms with van der Waals surface area (Å²) in [5.74, 6) is 0. The lowest BCUT2D eigenvalue weighted by molar-refractivity contribution is -0.383. The van der Waals surface area contributed by atoms with Gasteiger partial charge >= 0.3 is 0 Å². The molecule has 0 saturated heterocycles. The summed E-state index contributed by atoms with van der Waals surface area (Å²) in [4.78, 5) is 10.2. The lowest BCUT2D eigenvalue weighted by atomic mass is 10.2. The van der Waals surface area contributed by atoms with Crippen LogP contribution in [0.5, 0.6) is 0 Å². The predicted molar refractivity (Wildman–Crippen MR) is 50.7 cm³/mol. The second-order valence-electron chi connectivity index (χ2n) is 2.47. The van der Waals surface area contributed by atoms with Crippen molar-refractivity contribution in [3.8, 4) is 0 Å². The Hall–Kier alpha value is -1.43. The van der Waals surface area contributed by atoms with E-state index in [9.17, 15) is 10.1 Å². The normalized spacial score (nSPS) is 10.5. The summed E-state index contributed by atoms with van der Waals surface area (Å²) in [7, 11) is 0. The summed E-state index contributed by atoms with van der Waals surface area (Å²) in [6, 6.07) is 4.83. The quantitative estimate of drug-likeness (QED) is 0.568. The summed E-state index contributed by atoms with van der Waals surface area (Å²) in [5, 5.41) is 15.0. The highest BCUT2D eigenvalue weighted by atomic mass is 79.9. The minimum atomic E-state index is -0.420. The Bertz CT molecular complexity index is 480. The van der Waals surface area contributed by atoms with Gasteiger partial charge in [0.1, 0.15) is 0 Å². The van der Waals surface area contributed by atoms with Gasteiger partial charge in [-0.1, -0.05) is 6.07 Å². The molecular weight excluding hydrogens is 238 g/mol. The van der Waals surface area contributed by atoms with Gasteiger partial charge in [0, 0.05) is 6.07 Å². The maximum atomic E-state index is 10.6. The molecule has 2 aromatic rings. The Labute approximate surface area is 81.5 Å². The second kappa shape index (κ2) is 2.81. The van der Waals surface area contributed by atoms with E-state index in [1.54, 1.807) is 12.1 Å². The summed E-state index contributed by atoms with van der Waals surface area (Å²) in [6.07, 6.45) is 1.46. The molecule has 66 valence electrons. The van der Waals surface area contributed by atoms with E-state index in [1.807, 2.05) is 0 Å². The molecular formula is C7H4BrN3O2. The van der Waals surface area contributed by atoms with Crippen molar-refractivity contribution in [2.45, 2.75) is 0 Å². The van der Waals surface area contributed by atoms with Gasteiger partial charge in [0.25, 0.3) is 5.69 Å². The number of hydrogen-bond donors (Lipinski definition) is 0. The number of fused-ring (bicyclic) bond motifs is 1. The monoisotopic (exact) mass is 241 g/mol. The van der Waals surface area contributed by atoms with Gasteiger partial charge < -0.3 is 0 Å². The van der Waals surface area contributed by atoms with Crippen molar-refractivity contribution in [1.29, 1.82) is 0 Å². The third-order valence-electron chi connectivity index (χ3n) is 1.74. The highest BCUT2D eigenvalue weighted by Crippen LogP contribution is 2.25. The molecule has 0 unspecified atom stereocenters. The van der Waals surface area contributed by atoms with Gasteiger partial charge in [-0.3, -0.25) is 10.1 Å². The molecule has 1 aromatic carbocycles. The average Bonchev–Trinajstić information content (AvgIpc) is 2.48. The van der Waals surface area contributed by atoms with Gasteiger partial charge in [0.05, 0.1) is 38.2 Å². The molecule has 0 N–H and O–H groups in total. The summed E-state index contributed by atoms with van der Waals surface area (Å²) >= 11 is 3.13. The van der Waals surface area contributed by atoms with Crippen molar-refractivity contribution >= 4 is 32.7 Å². The molecule has 13 heavy (non-hydrogen) atoms. The molecule has 0 saturated carbocycles. The SMILES string of the molecule is O=[N+]([O-])c1cccc2c1cnn2Br. The third kappa shape index (κ3) is 1.19. The fourth-order valence-electron chi connectivity index (χ4n) is 1.16. The van der Waals surface area contributed by atoms with Crippen LogP contribution in [0.3, 0.4) is 0 Å². The number of halogens is 1. The molecule has 0 radical (unpaired) electrons. The largest absolute Gasteiger partial charge is 0.280 e. The molecule has 1 heterocycles. The third-order valence-corrected chi connectivity index (χ3v) is 2.31. The Morgan fingerprint density at radius 2 is 2.31 bits per heavy atom. The maximum Gasteiger partial charge on any atom is 0.280 e. The molecule has 0 aliphatic carbocycles. The van der Waals surface area contributed by atoms with Crippen LogP contribution in [0.2, 0.25) is 0 Å². The average molecular weight is 242 g/mol. The minimum Gasteiger partial charge on any atom is -0.258 e. The van der Waals surface area contributed by atoms with Crippen LogP contribution < -0.4 is 0 Å². The van der Waals surface area contributed by atoms with Gasteiger partial charge in [0.15, 0.2) is 0 Å². The smallest absolute Gasteiger partial charge is 0.258 e. The van der Waals surface area contributed by atoms with Crippen LogP contribution in [-0.4, -0.2) is 13.7 Å². The van der Waals surface area contributed by atoms with Crippen LogP contribution in [0.1, 0.15) is 0 Å². The molecule has 6 heteroatoms.